The van der Waals surface area contributed by atoms with Crippen molar-refractivity contribution in [2.45, 2.75) is 45.7 Å². The van der Waals surface area contributed by atoms with Crippen molar-refractivity contribution >= 4 is 11.6 Å². The highest BCUT2D eigenvalue weighted by Crippen LogP contribution is 2.32. The molecule has 0 unspecified atom stereocenters. The summed E-state index contributed by atoms with van der Waals surface area (Å²) in [5, 5.41) is 10.1. The van der Waals surface area contributed by atoms with Crippen molar-refractivity contribution in [1.82, 2.24) is 10.2 Å². The first-order valence-corrected chi connectivity index (χ1v) is 9.67. The molecule has 0 bridgehead atoms. The van der Waals surface area contributed by atoms with E-state index >= 15 is 0 Å². The van der Waals surface area contributed by atoms with Crippen molar-refractivity contribution in [2.75, 3.05) is 5.32 Å². The molecule has 0 fully saturated rings. The minimum absolute atomic E-state index is 0.0122. The lowest BCUT2D eigenvalue weighted by Gasteiger charge is -2.19. The average molecular weight is 415 g/mol. The lowest BCUT2D eigenvalue weighted by atomic mass is 9.86. The van der Waals surface area contributed by atoms with Gasteiger partial charge in [0.05, 0.1) is 16.9 Å². The smallest absolute Gasteiger partial charge is 0.319 e. The summed E-state index contributed by atoms with van der Waals surface area (Å²) in [6.45, 7) is 8.30. The number of hydrogen-bond acceptors (Lipinski definition) is 2. The molecule has 0 aliphatic rings. The molecule has 0 aliphatic heterocycles. The number of alkyl halides is 3. The van der Waals surface area contributed by atoms with E-state index in [-0.39, 0.29) is 11.0 Å². The predicted molar refractivity (Wildman–Crippen MR) is 111 cm³/mol. The van der Waals surface area contributed by atoms with E-state index in [1.54, 1.807) is 0 Å². The van der Waals surface area contributed by atoms with E-state index in [4.69, 9.17) is 0 Å². The van der Waals surface area contributed by atoms with Crippen molar-refractivity contribution in [1.29, 1.82) is 0 Å². The Hall–Kier alpha value is -3.09. The Morgan fingerprint density at radius 2 is 1.53 bits per heavy atom. The van der Waals surface area contributed by atoms with Crippen molar-refractivity contribution in [3.8, 4) is 11.3 Å². The van der Waals surface area contributed by atoms with Gasteiger partial charge in [0.15, 0.2) is 0 Å². The number of nitrogens with one attached hydrogen (secondary N) is 2. The quantitative estimate of drug-likeness (QED) is 0.532. The van der Waals surface area contributed by atoms with E-state index in [1.807, 2.05) is 31.2 Å². The van der Waals surface area contributed by atoms with Gasteiger partial charge in [-0.1, -0.05) is 52.0 Å². The van der Waals surface area contributed by atoms with Gasteiger partial charge in [0.25, 0.3) is 5.91 Å². The van der Waals surface area contributed by atoms with E-state index in [1.165, 1.54) is 17.7 Å². The number of hydrogen-bond donors (Lipinski definition) is 2. The molecule has 2 aromatic carbocycles. The summed E-state index contributed by atoms with van der Waals surface area (Å²) in [4.78, 5) is 12.7. The average Bonchev–Trinajstić information content (AvgIpc) is 3.09. The third kappa shape index (κ3) is 4.56. The summed E-state index contributed by atoms with van der Waals surface area (Å²) < 4.78 is 38.3. The number of amides is 1. The zero-order valence-electron chi connectivity index (χ0n) is 17.3. The monoisotopic (exact) mass is 415 g/mol. The molecule has 0 spiro atoms. The highest BCUT2D eigenvalue weighted by atomic mass is 19.4. The number of aryl methyl sites for hydroxylation is 1. The molecular weight excluding hydrogens is 391 g/mol. The van der Waals surface area contributed by atoms with Gasteiger partial charge in [-0.3, -0.25) is 9.89 Å². The normalized spacial score (nSPS) is 12.1. The van der Waals surface area contributed by atoms with Gasteiger partial charge in [0.1, 0.15) is 5.69 Å². The van der Waals surface area contributed by atoms with Gasteiger partial charge < -0.3 is 5.32 Å². The Morgan fingerprint density at radius 1 is 0.967 bits per heavy atom. The molecule has 3 aromatic rings. The zero-order valence-corrected chi connectivity index (χ0v) is 17.3. The van der Waals surface area contributed by atoms with E-state index in [9.17, 15) is 18.0 Å². The van der Waals surface area contributed by atoms with Gasteiger partial charge in [-0.15, -0.1) is 0 Å². The van der Waals surface area contributed by atoms with Crippen molar-refractivity contribution in [3.05, 3.63) is 70.9 Å². The minimum atomic E-state index is -4.44. The number of carbonyl (C=O) groups excluding carboxylic acids is 1. The molecule has 1 aromatic heterocycles. The van der Waals surface area contributed by atoms with Crippen molar-refractivity contribution < 1.29 is 18.0 Å². The number of rotatable bonds is 4. The molecule has 3 rings (SSSR count). The van der Waals surface area contributed by atoms with E-state index in [2.05, 4.69) is 36.3 Å². The van der Waals surface area contributed by atoms with Gasteiger partial charge in [0.2, 0.25) is 0 Å². The molecular formula is C23H24F3N3O. The molecule has 158 valence electrons. The highest BCUT2D eigenvalue weighted by Gasteiger charge is 2.30. The molecule has 1 heterocycles. The number of halogens is 3. The maximum Gasteiger partial charge on any atom is 0.416 e. The first-order valence-electron chi connectivity index (χ1n) is 9.67. The van der Waals surface area contributed by atoms with E-state index in [0.29, 0.717) is 17.8 Å². The van der Waals surface area contributed by atoms with Gasteiger partial charge in [0, 0.05) is 11.1 Å². The molecule has 30 heavy (non-hydrogen) atoms. The summed E-state index contributed by atoms with van der Waals surface area (Å²) in [5.41, 5.74) is 3.23. The number of carbonyl (C=O) groups is 1. The largest absolute Gasteiger partial charge is 0.416 e. The maximum absolute atomic E-state index is 12.8. The standard InChI is InChI=1S/C23H24F3N3O/c1-5-18-20(27-21(30)15-8-12-17(13-9-15)23(24,25)26)19(29-28-18)14-6-10-16(11-7-14)22(2,3)4/h6-13H,5H2,1-4H3,(H,27,30)(H,28,29). The molecule has 2 N–H and O–H groups in total. The SMILES string of the molecule is CCc1[nH]nc(-c2ccc(C(C)(C)C)cc2)c1NC(=O)c1ccc(C(F)(F)F)cc1. The summed E-state index contributed by atoms with van der Waals surface area (Å²) in [6.07, 6.45) is -3.84. The first kappa shape index (κ1) is 21.6. The molecule has 7 heteroatoms. The molecule has 0 atom stereocenters. The fraction of sp³-hybridized carbons (Fsp3) is 0.304. The van der Waals surface area contributed by atoms with Crippen LogP contribution in [0.4, 0.5) is 18.9 Å². The van der Waals surface area contributed by atoms with Gasteiger partial charge in [-0.05, 0) is 41.7 Å². The van der Waals surface area contributed by atoms with Gasteiger partial charge in [-0.25, -0.2) is 0 Å². The topological polar surface area (TPSA) is 57.8 Å². The zero-order chi connectivity index (χ0) is 22.1. The number of nitrogens with zero attached hydrogens (tertiary/aromatic N) is 1. The Labute approximate surface area is 173 Å². The van der Waals surface area contributed by atoms with Crippen LogP contribution in [0, 0.1) is 0 Å². The second kappa shape index (κ2) is 7.97. The van der Waals surface area contributed by atoms with Crippen LogP contribution in [0.3, 0.4) is 0 Å². The van der Waals surface area contributed by atoms with Crippen LogP contribution in [0.15, 0.2) is 48.5 Å². The summed E-state index contributed by atoms with van der Waals surface area (Å²) >= 11 is 0. The fourth-order valence-electron chi connectivity index (χ4n) is 3.10. The fourth-order valence-corrected chi connectivity index (χ4v) is 3.10. The third-order valence-electron chi connectivity index (χ3n) is 4.93. The van der Waals surface area contributed by atoms with Crippen LogP contribution in [0.25, 0.3) is 11.3 Å². The van der Waals surface area contributed by atoms with Crippen molar-refractivity contribution in [2.24, 2.45) is 0 Å². The second-order valence-corrected chi connectivity index (χ2v) is 8.14. The van der Waals surface area contributed by atoms with Crippen LogP contribution in [-0.2, 0) is 18.0 Å². The highest BCUT2D eigenvalue weighted by molar-refractivity contribution is 6.06. The van der Waals surface area contributed by atoms with Crippen LogP contribution < -0.4 is 5.32 Å². The van der Waals surface area contributed by atoms with Crippen molar-refractivity contribution in [3.63, 3.8) is 0 Å². The van der Waals surface area contributed by atoms with Crippen LogP contribution >= 0.6 is 0 Å². The number of benzene rings is 2. The summed E-state index contributed by atoms with van der Waals surface area (Å²) in [5.74, 6) is -0.493. The second-order valence-electron chi connectivity index (χ2n) is 8.14. The first-order chi connectivity index (χ1) is 14.0. The van der Waals surface area contributed by atoms with Crippen LogP contribution in [0.5, 0.6) is 0 Å². The number of anilines is 1. The molecule has 0 aliphatic carbocycles. The van der Waals surface area contributed by atoms with Crippen LogP contribution in [-0.4, -0.2) is 16.1 Å². The van der Waals surface area contributed by atoms with Crippen LogP contribution in [0.2, 0.25) is 0 Å². The molecule has 1 amide bonds. The number of aromatic nitrogens is 2. The molecule has 0 saturated carbocycles. The van der Waals surface area contributed by atoms with Crippen LogP contribution in [0.1, 0.15) is 54.9 Å². The Morgan fingerprint density at radius 3 is 2.03 bits per heavy atom. The van der Waals surface area contributed by atoms with Gasteiger partial charge in [-0.2, -0.15) is 18.3 Å². The molecule has 4 nitrogen and oxygen atoms in total. The number of aromatic amines is 1. The molecule has 0 saturated heterocycles. The van der Waals surface area contributed by atoms with Gasteiger partial charge >= 0.3 is 6.18 Å². The molecule has 0 radical (unpaired) electrons. The Bertz CT molecular complexity index is 1030. The Balaban J connectivity index is 1.89. The maximum atomic E-state index is 12.8. The lowest BCUT2D eigenvalue weighted by Crippen LogP contribution is -2.14. The minimum Gasteiger partial charge on any atom is -0.319 e. The lowest BCUT2D eigenvalue weighted by molar-refractivity contribution is -0.137. The van der Waals surface area contributed by atoms with E-state index < -0.39 is 17.6 Å². The predicted octanol–water partition coefficient (Wildman–Crippen LogP) is 6.21. The Kier molecular flexibility index (Phi) is 5.74. The number of H-pyrrole nitrogens is 1. The third-order valence-corrected chi connectivity index (χ3v) is 4.93. The summed E-state index contributed by atoms with van der Waals surface area (Å²) in [6, 6.07) is 12.1. The summed E-state index contributed by atoms with van der Waals surface area (Å²) in [7, 11) is 0. The van der Waals surface area contributed by atoms with E-state index in [0.717, 1.165) is 23.4 Å².